The van der Waals surface area contributed by atoms with Crippen molar-refractivity contribution in [3.05, 3.63) is 82.7 Å². The van der Waals surface area contributed by atoms with Crippen LogP contribution >= 0.6 is 0 Å². The Morgan fingerprint density at radius 3 is 2.46 bits per heavy atom. The molecule has 0 fully saturated rings. The molecule has 0 aliphatic carbocycles. The summed E-state index contributed by atoms with van der Waals surface area (Å²) >= 11 is 0. The summed E-state index contributed by atoms with van der Waals surface area (Å²) in [7, 11) is 0. The first-order chi connectivity index (χ1) is 11.7. The normalized spacial score (nSPS) is 10.8. The third-order valence-electron chi connectivity index (χ3n) is 3.86. The minimum absolute atomic E-state index is 0.00528. The highest BCUT2D eigenvalue weighted by Gasteiger charge is 2.08. The van der Waals surface area contributed by atoms with E-state index in [0.29, 0.717) is 28.8 Å². The Morgan fingerprint density at radius 1 is 0.875 bits per heavy atom. The van der Waals surface area contributed by atoms with Gasteiger partial charge in [-0.15, -0.1) is 0 Å². The van der Waals surface area contributed by atoms with Crippen LogP contribution in [0.5, 0.6) is 11.5 Å². The third-order valence-corrected chi connectivity index (χ3v) is 3.86. The molecule has 1 heterocycles. The van der Waals surface area contributed by atoms with Gasteiger partial charge in [0.05, 0.1) is 10.9 Å². The number of fused-ring (bicyclic) bond motifs is 2. The predicted molar refractivity (Wildman–Crippen MR) is 91.9 cm³/mol. The number of rotatable bonds is 3. The molecule has 0 saturated heterocycles. The second-order valence-corrected chi connectivity index (χ2v) is 5.41. The van der Waals surface area contributed by atoms with Crippen LogP contribution in [-0.2, 0) is 0 Å². The first-order valence-corrected chi connectivity index (χ1v) is 7.42. The predicted octanol–water partition coefficient (Wildman–Crippen LogP) is 4.55. The van der Waals surface area contributed by atoms with Crippen LogP contribution in [-0.4, -0.2) is 6.29 Å². The first-order valence-electron chi connectivity index (χ1n) is 7.42. The van der Waals surface area contributed by atoms with Crippen molar-refractivity contribution < 1.29 is 13.9 Å². The third kappa shape index (κ3) is 2.44. The lowest BCUT2D eigenvalue weighted by Gasteiger charge is -2.07. The average Bonchev–Trinajstić information content (AvgIpc) is 2.62. The number of hydrogen-bond acceptors (Lipinski definition) is 4. The Kier molecular flexibility index (Phi) is 3.35. The van der Waals surface area contributed by atoms with Gasteiger partial charge in [-0.3, -0.25) is 9.59 Å². The second kappa shape index (κ2) is 5.66. The number of ether oxygens (including phenoxy) is 1. The van der Waals surface area contributed by atoms with E-state index in [1.54, 1.807) is 18.2 Å². The molecule has 4 heteroatoms. The van der Waals surface area contributed by atoms with Crippen molar-refractivity contribution in [1.29, 1.82) is 0 Å². The van der Waals surface area contributed by atoms with Crippen molar-refractivity contribution in [1.82, 2.24) is 0 Å². The van der Waals surface area contributed by atoms with Crippen LogP contribution in [0.1, 0.15) is 10.4 Å². The maximum absolute atomic E-state index is 12.0. The monoisotopic (exact) mass is 316 g/mol. The van der Waals surface area contributed by atoms with E-state index >= 15 is 0 Å². The van der Waals surface area contributed by atoms with E-state index < -0.39 is 0 Å². The summed E-state index contributed by atoms with van der Waals surface area (Å²) in [5.74, 6) is 1.25. The van der Waals surface area contributed by atoms with E-state index in [9.17, 15) is 9.59 Å². The highest BCUT2D eigenvalue weighted by molar-refractivity contribution is 5.85. The van der Waals surface area contributed by atoms with Gasteiger partial charge in [0.15, 0.2) is 6.29 Å². The van der Waals surface area contributed by atoms with Crippen molar-refractivity contribution in [2.45, 2.75) is 0 Å². The second-order valence-electron chi connectivity index (χ2n) is 5.41. The zero-order valence-corrected chi connectivity index (χ0v) is 12.6. The van der Waals surface area contributed by atoms with Gasteiger partial charge in [0, 0.05) is 6.07 Å². The number of aldehydes is 1. The SMILES string of the molecule is O=Cc1coc2cc(Oc3ccc4ccccc4c3)ccc2c1=O. The van der Waals surface area contributed by atoms with Crippen molar-refractivity contribution in [3.63, 3.8) is 0 Å². The van der Waals surface area contributed by atoms with Crippen LogP contribution in [0.15, 0.2) is 76.1 Å². The standard InChI is InChI=1S/C20H12O4/c21-11-15-12-23-19-10-17(7-8-18(19)20(15)22)24-16-6-5-13-3-1-2-4-14(13)9-16/h1-12H. The fourth-order valence-electron chi connectivity index (χ4n) is 2.64. The molecule has 0 amide bonds. The smallest absolute Gasteiger partial charge is 0.203 e. The van der Waals surface area contributed by atoms with Crippen LogP contribution in [0.25, 0.3) is 21.7 Å². The maximum atomic E-state index is 12.0. The molecule has 3 aromatic carbocycles. The summed E-state index contributed by atoms with van der Waals surface area (Å²) in [4.78, 5) is 22.8. The van der Waals surface area contributed by atoms with Crippen molar-refractivity contribution in [2.24, 2.45) is 0 Å². The molecule has 0 unspecified atom stereocenters. The van der Waals surface area contributed by atoms with Crippen molar-refractivity contribution in [2.75, 3.05) is 0 Å². The molecule has 0 atom stereocenters. The summed E-state index contributed by atoms with van der Waals surface area (Å²) in [5, 5.41) is 2.57. The Bertz CT molecular complexity index is 1130. The van der Waals surface area contributed by atoms with E-state index in [1.165, 1.54) is 0 Å². The van der Waals surface area contributed by atoms with E-state index in [-0.39, 0.29) is 11.0 Å². The van der Waals surface area contributed by atoms with Gasteiger partial charge in [-0.2, -0.15) is 0 Å². The minimum atomic E-state index is -0.344. The minimum Gasteiger partial charge on any atom is -0.463 e. The van der Waals surface area contributed by atoms with Crippen molar-refractivity contribution >= 4 is 28.0 Å². The molecule has 0 radical (unpaired) electrons. The van der Waals surface area contributed by atoms with Gasteiger partial charge in [-0.25, -0.2) is 0 Å². The summed E-state index contributed by atoms with van der Waals surface area (Å²) in [6, 6.07) is 18.8. The summed E-state index contributed by atoms with van der Waals surface area (Å²) < 4.78 is 11.2. The number of carbonyl (C=O) groups is 1. The van der Waals surface area contributed by atoms with E-state index in [4.69, 9.17) is 9.15 Å². The molecule has 116 valence electrons. The van der Waals surface area contributed by atoms with Crippen LogP contribution in [0, 0.1) is 0 Å². The summed E-state index contributed by atoms with van der Waals surface area (Å²) in [5.41, 5.74) is 0.0399. The Morgan fingerprint density at radius 2 is 1.62 bits per heavy atom. The summed E-state index contributed by atoms with van der Waals surface area (Å²) in [6.45, 7) is 0. The molecular formula is C20H12O4. The molecule has 0 spiro atoms. The van der Waals surface area contributed by atoms with Gasteiger partial charge < -0.3 is 9.15 Å². The summed E-state index contributed by atoms with van der Waals surface area (Å²) in [6.07, 6.45) is 1.65. The van der Waals surface area contributed by atoms with Crippen molar-refractivity contribution in [3.8, 4) is 11.5 Å². The van der Waals surface area contributed by atoms with E-state index in [0.717, 1.165) is 17.0 Å². The zero-order chi connectivity index (χ0) is 16.5. The molecule has 0 saturated carbocycles. The average molecular weight is 316 g/mol. The fourth-order valence-corrected chi connectivity index (χ4v) is 2.64. The van der Waals surface area contributed by atoms with Crippen LogP contribution in [0.2, 0.25) is 0 Å². The van der Waals surface area contributed by atoms with Gasteiger partial charge in [0.25, 0.3) is 0 Å². The maximum Gasteiger partial charge on any atom is 0.203 e. The van der Waals surface area contributed by atoms with Gasteiger partial charge in [0.1, 0.15) is 23.3 Å². The topological polar surface area (TPSA) is 56.5 Å². The van der Waals surface area contributed by atoms with Gasteiger partial charge in [-0.05, 0) is 35.0 Å². The Balaban J connectivity index is 1.73. The molecule has 0 bridgehead atoms. The van der Waals surface area contributed by atoms with Gasteiger partial charge in [-0.1, -0.05) is 30.3 Å². The molecule has 1 aromatic heterocycles. The Labute approximate surface area is 136 Å². The van der Waals surface area contributed by atoms with Gasteiger partial charge >= 0.3 is 0 Å². The lowest BCUT2D eigenvalue weighted by atomic mass is 10.1. The zero-order valence-electron chi connectivity index (χ0n) is 12.6. The lowest BCUT2D eigenvalue weighted by molar-refractivity contribution is 0.112. The number of hydrogen-bond donors (Lipinski definition) is 0. The first kappa shape index (κ1) is 14.2. The highest BCUT2D eigenvalue weighted by atomic mass is 16.5. The molecule has 4 nitrogen and oxygen atoms in total. The quantitative estimate of drug-likeness (QED) is 0.520. The molecule has 0 aliphatic rings. The molecular weight excluding hydrogens is 304 g/mol. The largest absolute Gasteiger partial charge is 0.463 e. The van der Waals surface area contributed by atoms with Crippen LogP contribution in [0.4, 0.5) is 0 Å². The van der Waals surface area contributed by atoms with E-state index in [2.05, 4.69) is 0 Å². The molecule has 4 rings (SSSR count). The van der Waals surface area contributed by atoms with Crippen LogP contribution < -0.4 is 10.2 Å². The molecule has 0 aliphatic heterocycles. The van der Waals surface area contributed by atoms with E-state index in [1.807, 2.05) is 42.5 Å². The molecule has 0 N–H and O–H groups in total. The number of benzene rings is 3. The molecule has 4 aromatic rings. The molecule has 24 heavy (non-hydrogen) atoms. The lowest BCUT2D eigenvalue weighted by Crippen LogP contribution is -2.07. The Hall–Kier alpha value is -3.40. The number of carbonyl (C=O) groups excluding carboxylic acids is 1. The van der Waals surface area contributed by atoms with Crippen LogP contribution in [0.3, 0.4) is 0 Å². The highest BCUT2D eigenvalue weighted by Crippen LogP contribution is 2.27. The van der Waals surface area contributed by atoms with Gasteiger partial charge in [0.2, 0.25) is 5.43 Å². The fraction of sp³-hybridized carbons (Fsp3) is 0.